The maximum absolute atomic E-state index is 12.1. The van der Waals surface area contributed by atoms with Crippen LogP contribution in [0.5, 0.6) is 0 Å². The van der Waals surface area contributed by atoms with Crippen molar-refractivity contribution in [1.29, 1.82) is 0 Å². The fourth-order valence-electron chi connectivity index (χ4n) is 1.76. The third kappa shape index (κ3) is 4.86. The van der Waals surface area contributed by atoms with Crippen LogP contribution >= 0.6 is 15.9 Å². The summed E-state index contributed by atoms with van der Waals surface area (Å²) in [6, 6.07) is 10.9. The van der Waals surface area contributed by atoms with Gasteiger partial charge in [0.2, 0.25) is 0 Å². The summed E-state index contributed by atoms with van der Waals surface area (Å²) in [5.74, 6) is 0.355. The SMILES string of the molecule is CC(C)(C)Nc1ccc(NC(=O)c2ccc(Br)cc2)nc1. The number of hydrogen-bond donors (Lipinski definition) is 2. The molecule has 0 radical (unpaired) electrons. The zero-order chi connectivity index (χ0) is 15.5. The molecular weight excluding hydrogens is 330 g/mol. The van der Waals surface area contributed by atoms with Gasteiger partial charge in [-0.3, -0.25) is 4.79 Å². The van der Waals surface area contributed by atoms with Crippen molar-refractivity contribution < 1.29 is 4.79 Å². The second-order valence-corrected chi connectivity index (χ2v) is 6.68. The van der Waals surface area contributed by atoms with E-state index >= 15 is 0 Å². The number of anilines is 2. The minimum Gasteiger partial charge on any atom is -0.379 e. The Labute approximate surface area is 133 Å². The van der Waals surface area contributed by atoms with Crippen molar-refractivity contribution in [3.05, 3.63) is 52.6 Å². The van der Waals surface area contributed by atoms with E-state index in [4.69, 9.17) is 0 Å². The van der Waals surface area contributed by atoms with E-state index in [9.17, 15) is 4.79 Å². The Bertz CT molecular complexity index is 615. The lowest BCUT2D eigenvalue weighted by Gasteiger charge is -2.21. The highest BCUT2D eigenvalue weighted by Crippen LogP contribution is 2.16. The Hall–Kier alpha value is -1.88. The minimum absolute atomic E-state index is 0.0239. The number of hydrogen-bond acceptors (Lipinski definition) is 3. The highest BCUT2D eigenvalue weighted by Gasteiger charge is 2.10. The maximum atomic E-state index is 12.1. The molecule has 0 fully saturated rings. The van der Waals surface area contributed by atoms with Gasteiger partial charge in [-0.1, -0.05) is 15.9 Å². The van der Waals surface area contributed by atoms with Gasteiger partial charge in [-0.2, -0.15) is 0 Å². The van der Waals surface area contributed by atoms with Gasteiger partial charge in [0.15, 0.2) is 0 Å². The molecule has 0 bridgehead atoms. The van der Waals surface area contributed by atoms with Crippen LogP contribution in [0.15, 0.2) is 47.1 Å². The number of carbonyl (C=O) groups is 1. The van der Waals surface area contributed by atoms with E-state index in [0.717, 1.165) is 10.2 Å². The first-order chi connectivity index (χ1) is 9.83. The van der Waals surface area contributed by atoms with Crippen LogP contribution in [0.25, 0.3) is 0 Å². The fraction of sp³-hybridized carbons (Fsp3) is 0.250. The molecule has 1 heterocycles. The number of pyridine rings is 1. The standard InChI is InChI=1S/C16H18BrN3O/c1-16(2,3)20-13-8-9-14(18-10-13)19-15(21)11-4-6-12(17)7-5-11/h4-10,20H,1-3H3,(H,18,19,21). The van der Waals surface area contributed by atoms with Crippen molar-refractivity contribution in [3.8, 4) is 0 Å². The summed E-state index contributed by atoms with van der Waals surface area (Å²) >= 11 is 3.34. The number of rotatable bonds is 3. The third-order valence-electron chi connectivity index (χ3n) is 2.63. The van der Waals surface area contributed by atoms with E-state index in [-0.39, 0.29) is 11.4 Å². The first-order valence-electron chi connectivity index (χ1n) is 6.65. The zero-order valence-corrected chi connectivity index (χ0v) is 13.9. The van der Waals surface area contributed by atoms with Crippen LogP contribution in [0.1, 0.15) is 31.1 Å². The molecule has 2 N–H and O–H groups in total. The van der Waals surface area contributed by atoms with E-state index in [1.54, 1.807) is 24.4 Å². The molecule has 0 spiro atoms. The molecule has 5 heteroatoms. The Morgan fingerprint density at radius 2 is 1.76 bits per heavy atom. The van der Waals surface area contributed by atoms with Gasteiger partial charge >= 0.3 is 0 Å². The molecule has 0 saturated heterocycles. The molecule has 2 aromatic rings. The molecule has 21 heavy (non-hydrogen) atoms. The minimum atomic E-state index is -0.175. The molecule has 0 aliphatic heterocycles. The summed E-state index contributed by atoms with van der Waals surface area (Å²) in [6.07, 6.45) is 1.71. The lowest BCUT2D eigenvalue weighted by atomic mass is 10.1. The van der Waals surface area contributed by atoms with Crippen molar-refractivity contribution in [2.24, 2.45) is 0 Å². The average molecular weight is 348 g/mol. The summed E-state index contributed by atoms with van der Waals surface area (Å²) < 4.78 is 0.940. The highest BCUT2D eigenvalue weighted by molar-refractivity contribution is 9.10. The number of halogens is 1. The summed E-state index contributed by atoms with van der Waals surface area (Å²) in [5, 5.41) is 6.09. The highest BCUT2D eigenvalue weighted by atomic mass is 79.9. The topological polar surface area (TPSA) is 54.0 Å². The van der Waals surface area contributed by atoms with Gasteiger partial charge in [0.05, 0.1) is 11.9 Å². The molecule has 1 amide bonds. The molecule has 4 nitrogen and oxygen atoms in total. The molecule has 1 aromatic carbocycles. The molecule has 0 aliphatic carbocycles. The fourth-order valence-corrected chi connectivity index (χ4v) is 2.03. The number of aromatic nitrogens is 1. The van der Waals surface area contributed by atoms with Crippen molar-refractivity contribution in [1.82, 2.24) is 4.98 Å². The van der Waals surface area contributed by atoms with Crippen molar-refractivity contribution >= 4 is 33.3 Å². The number of nitrogens with one attached hydrogen (secondary N) is 2. The summed E-state index contributed by atoms with van der Waals surface area (Å²) in [4.78, 5) is 16.3. The lowest BCUT2D eigenvalue weighted by Crippen LogP contribution is -2.26. The van der Waals surface area contributed by atoms with Gasteiger partial charge in [0, 0.05) is 15.6 Å². The smallest absolute Gasteiger partial charge is 0.256 e. The molecule has 2 rings (SSSR count). The number of benzene rings is 1. The molecule has 0 unspecified atom stereocenters. The first-order valence-corrected chi connectivity index (χ1v) is 7.44. The largest absolute Gasteiger partial charge is 0.379 e. The zero-order valence-electron chi connectivity index (χ0n) is 12.3. The van der Waals surface area contributed by atoms with Crippen LogP contribution in [-0.2, 0) is 0 Å². The maximum Gasteiger partial charge on any atom is 0.256 e. The third-order valence-corrected chi connectivity index (χ3v) is 3.16. The van der Waals surface area contributed by atoms with Crippen molar-refractivity contribution in [3.63, 3.8) is 0 Å². The predicted octanol–water partition coefficient (Wildman–Crippen LogP) is 4.31. The number of carbonyl (C=O) groups excluding carboxylic acids is 1. The van der Waals surface area contributed by atoms with Crippen LogP contribution in [-0.4, -0.2) is 16.4 Å². The van der Waals surface area contributed by atoms with Gasteiger partial charge in [-0.25, -0.2) is 4.98 Å². The second kappa shape index (κ2) is 6.26. The van der Waals surface area contributed by atoms with Crippen LogP contribution < -0.4 is 10.6 Å². The Kier molecular flexibility index (Phi) is 4.63. The summed E-state index contributed by atoms with van der Waals surface area (Å²) in [5.41, 5.74) is 1.49. The monoisotopic (exact) mass is 347 g/mol. The van der Waals surface area contributed by atoms with E-state index < -0.39 is 0 Å². The lowest BCUT2D eigenvalue weighted by molar-refractivity contribution is 0.102. The van der Waals surface area contributed by atoms with E-state index in [0.29, 0.717) is 11.4 Å². The summed E-state index contributed by atoms with van der Waals surface area (Å²) in [6.45, 7) is 6.24. The quantitative estimate of drug-likeness (QED) is 0.869. The van der Waals surface area contributed by atoms with Crippen molar-refractivity contribution in [2.45, 2.75) is 26.3 Å². The molecule has 0 saturated carbocycles. The molecular formula is C16H18BrN3O. The molecule has 0 aliphatic rings. The van der Waals surface area contributed by atoms with Crippen molar-refractivity contribution in [2.75, 3.05) is 10.6 Å². The molecule has 1 aromatic heterocycles. The Morgan fingerprint density at radius 1 is 1.10 bits per heavy atom. The van der Waals surface area contributed by atoms with Crippen LogP contribution in [0, 0.1) is 0 Å². The Balaban J connectivity index is 2.03. The van der Waals surface area contributed by atoms with Gasteiger partial charge in [0.25, 0.3) is 5.91 Å². The predicted molar refractivity (Wildman–Crippen MR) is 89.7 cm³/mol. The average Bonchev–Trinajstić information content (AvgIpc) is 2.40. The van der Waals surface area contributed by atoms with Gasteiger partial charge in [-0.15, -0.1) is 0 Å². The molecule has 110 valence electrons. The van der Waals surface area contributed by atoms with Gasteiger partial charge in [-0.05, 0) is 57.2 Å². The van der Waals surface area contributed by atoms with E-state index in [1.807, 2.05) is 18.2 Å². The normalized spacial score (nSPS) is 11.0. The Morgan fingerprint density at radius 3 is 2.29 bits per heavy atom. The van der Waals surface area contributed by atoms with Crippen LogP contribution in [0.3, 0.4) is 0 Å². The second-order valence-electron chi connectivity index (χ2n) is 5.77. The van der Waals surface area contributed by atoms with Gasteiger partial charge < -0.3 is 10.6 Å². The number of nitrogens with zero attached hydrogens (tertiary/aromatic N) is 1. The van der Waals surface area contributed by atoms with Crippen LogP contribution in [0.4, 0.5) is 11.5 Å². The van der Waals surface area contributed by atoms with E-state index in [1.165, 1.54) is 0 Å². The van der Waals surface area contributed by atoms with E-state index in [2.05, 4.69) is 52.3 Å². The number of amides is 1. The molecule has 0 atom stereocenters. The summed E-state index contributed by atoms with van der Waals surface area (Å²) in [7, 11) is 0. The first kappa shape index (κ1) is 15.5. The van der Waals surface area contributed by atoms with Crippen LogP contribution in [0.2, 0.25) is 0 Å². The van der Waals surface area contributed by atoms with Gasteiger partial charge in [0.1, 0.15) is 5.82 Å².